The summed E-state index contributed by atoms with van der Waals surface area (Å²) in [6, 6.07) is 12.7. The lowest BCUT2D eigenvalue weighted by Crippen LogP contribution is -2.33. The van der Waals surface area contributed by atoms with Crippen LogP contribution in [0.4, 0.5) is 13.2 Å². The quantitative estimate of drug-likeness (QED) is 0.309. The van der Waals surface area contributed by atoms with Gasteiger partial charge in [0.15, 0.2) is 0 Å². The Labute approximate surface area is 233 Å². The van der Waals surface area contributed by atoms with Crippen LogP contribution in [-0.2, 0) is 23.7 Å². The molecule has 1 saturated carbocycles. The van der Waals surface area contributed by atoms with E-state index in [0.29, 0.717) is 22.5 Å². The first kappa shape index (κ1) is 28.4. The molecule has 0 radical (unpaired) electrons. The number of rotatable bonds is 9. The SMILES string of the molecule is Cn1cc(-c2ccc(OCc3cn(-c4ccc(OC(F)(F)F)cc4)nn3)c(S(=O)(=O)NC3CCCC3)c2)ccc1=O. The minimum Gasteiger partial charge on any atom is -0.486 e. The summed E-state index contributed by atoms with van der Waals surface area (Å²) < 4.78 is 79.5. The maximum absolute atomic E-state index is 13.5. The van der Waals surface area contributed by atoms with E-state index in [1.54, 1.807) is 31.4 Å². The highest BCUT2D eigenvalue weighted by molar-refractivity contribution is 7.89. The number of hydrogen-bond acceptors (Lipinski definition) is 7. The fourth-order valence-corrected chi connectivity index (χ4v) is 6.03. The molecule has 4 aromatic rings. The minimum absolute atomic E-state index is 0.0524. The highest BCUT2D eigenvalue weighted by atomic mass is 32.2. The Morgan fingerprint density at radius 3 is 2.39 bits per heavy atom. The van der Waals surface area contributed by atoms with E-state index in [0.717, 1.165) is 37.8 Å². The molecule has 10 nitrogen and oxygen atoms in total. The van der Waals surface area contributed by atoms with Crippen molar-refractivity contribution in [3.8, 4) is 28.3 Å². The van der Waals surface area contributed by atoms with Crippen molar-refractivity contribution in [3.63, 3.8) is 0 Å². The second-order valence-electron chi connectivity index (χ2n) is 9.62. The fraction of sp³-hybridized carbons (Fsp3) is 0.296. The zero-order chi connectivity index (χ0) is 29.2. The lowest BCUT2D eigenvalue weighted by Gasteiger charge is -2.17. The Balaban J connectivity index is 1.38. The van der Waals surface area contributed by atoms with Crippen molar-refractivity contribution in [2.45, 2.75) is 49.6 Å². The van der Waals surface area contributed by atoms with Crippen LogP contribution in [-0.4, -0.2) is 40.4 Å². The smallest absolute Gasteiger partial charge is 0.486 e. The van der Waals surface area contributed by atoms with E-state index >= 15 is 0 Å². The summed E-state index contributed by atoms with van der Waals surface area (Å²) in [5.41, 5.74) is 1.84. The van der Waals surface area contributed by atoms with E-state index < -0.39 is 16.4 Å². The van der Waals surface area contributed by atoms with Crippen molar-refractivity contribution >= 4 is 10.0 Å². The number of pyridine rings is 1. The third-order valence-corrected chi connectivity index (χ3v) is 8.12. The standard InChI is InChI=1S/C27H26F3N5O5S/c1-34-15-19(7-13-26(34)36)18-6-12-24(25(14-18)41(37,38)32-20-4-2-3-5-20)39-17-21-16-35(33-31-21)22-8-10-23(11-9-22)40-27(28,29)30/h6-16,20,32H,2-5,17H2,1H3. The first-order valence-corrected chi connectivity index (χ1v) is 14.2. The highest BCUT2D eigenvalue weighted by Gasteiger charge is 2.31. The van der Waals surface area contributed by atoms with Gasteiger partial charge in [-0.3, -0.25) is 4.79 Å². The maximum Gasteiger partial charge on any atom is 0.573 e. The van der Waals surface area contributed by atoms with Crippen molar-refractivity contribution in [1.82, 2.24) is 24.3 Å². The second-order valence-corrected chi connectivity index (χ2v) is 11.3. The summed E-state index contributed by atoms with van der Waals surface area (Å²) >= 11 is 0. The monoisotopic (exact) mass is 589 g/mol. The number of aromatic nitrogens is 4. The number of aryl methyl sites for hydroxylation is 1. The van der Waals surface area contributed by atoms with E-state index in [1.807, 2.05) is 0 Å². The lowest BCUT2D eigenvalue weighted by molar-refractivity contribution is -0.274. The Hall–Kier alpha value is -4.17. The molecule has 2 aromatic heterocycles. The van der Waals surface area contributed by atoms with E-state index in [2.05, 4.69) is 19.8 Å². The summed E-state index contributed by atoms with van der Waals surface area (Å²) in [6.07, 6.45) is 1.74. The van der Waals surface area contributed by atoms with Crippen molar-refractivity contribution in [2.75, 3.05) is 0 Å². The molecule has 5 rings (SSSR count). The van der Waals surface area contributed by atoms with Gasteiger partial charge >= 0.3 is 6.36 Å². The van der Waals surface area contributed by atoms with Crippen LogP contribution in [0.3, 0.4) is 0 Å². The Morgan fingerprint density at radius 1 is 1.00 bits per heavy atom. The highest BCUT2D eigenvalue weighted by Crippen LogP contribution is 2.32. The van der Waals surface area contributed by atoms with Crippen LogP contribution in [0, 0.1) is 0 Å². The summed E-state index contributed by atoms with van der Waals surface area (Å²) in [7, 11) is -2.35. The van der Waals surface area contributed by atoms with Gasteiger partial charge in [-0.2, -0.15) is 0 Å². The predicted octanol–water partition coefficient (Wildman–Crippen LogP) is 4.33. The molecule has 41 heavy (non-hydrogen) atoms. The first-order chi connectivity index (χ1) is 19.5. The van der Waals surface area contributed by atoms with Gasteiger partial charge in [0, 0.05) is 25.4 Å². The maximum atomic E-state index is 13.5. The number of nitrogens with one attached hydrogen (secondary N) is 1. The fourth-order valence-electron chi connectivity index (χ4n) is 4.55. The molecule has 0 spiro atoms. The number of sulfonamides is 1. The van der Waals surface area contributed by atoms with Crippen LogP contribution in [0.2, 0.25) is 0 Å². The molecule has 0 unspecified atom stereocenters. The van der Waals surface area contributed by atoms with Gasteiger partial charge in [0.2, 0.25) is 15.6 Å². The molecule has 0 atom stereocenters. The third kappa shape index (κ3) is 6.95. The van der Waals surface area contributed by atoms with Crippen LogP contribution in [0.1, 0.15) is 31.4 Å². The largest absolute Gasteiger partial charge is 0.573 e. The van der Waals surface area contributed by atoms with E-state index in [1.165, 1.54) is 39.7 Å². The second kappa shape index (κ2) is 11.4. The average molecular weight is 590 g/mol. The van der Waals surface area contributed by atoms with Crippen molar-refractivity contribution in [2.24, 2.45) is 7.05 Å². The molecule has 0 amide bonds. The molecule has 14 heteroatoms. The number of halogens is 3. The summed E-state index contributed by atoms with van der Waals surface area (Å²) in [5, 5.41) is 8.00. The molecule has 0 aliphatic heterocycles. The van der Waals surface area contributed by atoms with Gasteiger partial charge in [-0.1, -0.05) is 24.1 Å². The molecular formula is C27H26F3N5O5S. The van der Waals surface area contributed by atoms with Crippen LogP contribution in [0.25, 0.3) is 16.8 Å². The number of benzene rings is 2. The molecular weight excluding hydrogens is 563 g/mol. The molecule has 0 bridgehead atoms. The lowest BCUT2D eigenvalue weighted by atomic mass is 10.1. The van der Waals surface area contributed by atoms with Gasteiger partial charge in [-0.15, -0.1) is 18.3 Å². The summed E-state index contributed by atoms with van der Waals surface area (Å²) in [5.74, 6) is -0.265. The Kier molecular flexibility index (Phi) is 7.87. The molecule has 2 heterocycles. The number of alkyl halides is 3. The van der Waals surface area contributed by atoms with Gasteiger partial charge in [-0.05, 0) is 66.4 Å². The zero-order valence-electron chi connectivity index (χ0n) is 21.8. The van der Waals surface area contributed by atoms with Gasteiger partial charge in [0.25, 0.3) is 0 Å². The Morgan fingerprint density at radius 2 is 1.71 bits per heavy atom. The molecule has 216 valence electrons. The van der Waals surface area contributed by atoms with Crippen molar-refractivity contribution < 1.29 is 31.1 Å². The van der Waals surface area contributed by atoms with Gasteiger partial charge in [0.1, 0.15) is 28.7 Å². The topological polar surface area (TPSA) is 117 Å². The van der Waals surface area contributed by atoms with Gasteiger partial charge in [0.05, 0.1) is 11.9 Å². The molecule has 0 saturated heterocycles. The number of nitrogens with zero attached hydrogens (tertiary/aromatic N) is 4. The first-order valence-electron chi connectivity index (χ1n) is 12.7. The third-order valence-electron chi connectivity index (χ3n) is 6.58. The van der Waals surface area contributed by atoms with Crippen molar-refractivity contribution in [1.29, 1.82) is 0 Å². The van der Waals surface area contributed by atoms with Crippen molar-refractivity contribution in [3.05, 3.63) is 83.0 Å². The van der Waals surface area contributed by atoms with Crippen LogP contribution < -0.4 is 19.8 Å². The normalized spacial score (nSPS) is 14.3. The van der Waals surface area contributed by atoms with Gasteiger partial charge < -0.3 is 14.0 Å². The predicted molar refractivity (Wildman–Crippen MR) is 142 cm³/mol. The van der Waals surface area contributed by atoms with E-state index in [4.69, 9.17) is 4.74 Å². The Bertz CT molecular complexity index is 1700. The molecule has 1 aliphatic carbocycles. The van der Waals surface area contributed by atoms with Crippen LogP contribution >= 0.6 is 0 Å². The molecule has 2 aromatic carbocycles. The number of hydrogen-bond donors (Lipinski definition) is 1. The van der Waals surface area contributed by atoms with Crippen LogP contribution in [0.15, 0.2) is 76.7 Å². The zero-order valence-corrected chi connectivity index (χ0v) is 22.7. The summed E-state index contributed by atoms with van der Waals surface area (Å²) in [4.78, 5) is 11.8. The molecule has 1 fully saturated rings. The van der Waals surface area contributed by atoms with Crippen LogP contribution in [0.5, 0.6) is 11.5 Å². The van der Waals surface area contributed by atoms with E-state index in [-0.39, 0.29) is 34.6 Å². The van der Waals surface area contributed by atoms with E-state index in [9.17, 15) is 26.4 Å². The molecule has 1 aliphatic rings. The minimum atomic E-state index is -4.80. The molecule has 1 N–H and O–H groups in total. The summed E-state index contributed by atoms with van der Waals surface area (Å²) in [6.45, 7) is -0.125. The number of ether oxygens (including phenoxy) is 2. The average Bonchev–Trinajstić information content (AvgIpc) is 3.61. The van der Waals surface area contributed by atoms with Gasteiger partial charge in [-0.25, -0.2) is 17.8 Å².